The molecule has 2 atom stereocenters. The predicted molar refractivity (Wildman–Crippen MR) is 88.0 cm³/mol. The first-order valence-electron chi connectivity index (χ1n) is 8.78. The molecule has 120 valence electrons. The Hall–Kier alpha value is -0.0800. The third-order valence-corrected chi connectivity index (χ3v) is 4.48. The van der Waals surface area contributed by atoms with Crippen LogP contribution in [0.3, 0.4) is 0 Å². The molecule has 0 saturated heterocycles. The standard InChI is InChI=1S/C18H37NO/c1-18(2,3)15-19(4)16-13-11-9-7-5-6-8-10-12-14-17(16)20/h16-17,20H,5-15H2,1-4H3. The molecule has 2 nitrogen and oxygen atoms in total. The molecule has 2 unspecified atom stereocenters. The molecule has 1 aliphatic rings. The molecule has 0 aliphatic heterocycles. The molecule has 0 heterocycles. The summed E-state index contributed by atoms with van der Waals surface area (Å²) in [5.74, 6) is 0. The molecule has 0 aromatic carbocycles. The quantitative estimate of drug-likeness (QED) is 0.800. The zero-order chi connectivity index (χ0) is 15.0. The minimum atomic E-state index is -0.137. The lowest BCUT2D eigenvalue weighted by Gasteiger charge is -2.36. The first-order chi connectivity index (χ1) is 9.40. The summed E-state index contributed by atoms with van der Waals surface area (Å²) in [6.07, 6.45) is 12.7. The molecule has 1 fully saturated rings. The molecule has 0 bridgehead atoms. The van der Waals surface area contributed by atoms with Crippen LogP contribution in [0.25, 0.3) is 0 Å². The summed E-state index contributed by atoms with van der Waals surface area (Å²) < 4.78 is 0. The number of aliphatic hydroxyl groups excluding tert-OH is 1. The molecule has 0 aromatic heterocycles. The van der Waals surface area contributed by atoms with Gasteiger partial charge < -0.3 is 10.0 Å². The number of aliphatic hydroxyl groups is 1. The monoisotopic (exact) mass is 283 g/mol. The summed E-state index contributed by atoms with van der Waals surface area (Å²) in [6, 6.07) is 0.355. The maximum Gasteiger partial charge on any atom is 0.0695 e. The Bertz CT molecular complexity index is 246. The van der Waals surface area contributed by atoms with Gasteiger partial charge in [-0.15, -0.1) is 0 Å². The van der Waals surface area contributed by atoms with E-state index in [1.165, 1.54) is 51.4 Å². The summed E-state index contributed by atoms with van der Waals surface area (Å²) in [4.78, 5) is 2.41. The molecule has 2 heteroatoms. The van der Waals surface area contributed by atoms with Crippen molar-refractivity contribution in [3.8, 4) is 0 Å². The van der Waals surface area contributed by atoms with Crippen molar-refractivity contribution in [3.63, 3.8) is 0 Å². The average Bonchev–Trinajstić information content (AvgIpc) is 2.31. The minimum Gasteiger partial charge on any atom is -0.391 e. The van der Waals surface area contributed by atoms with Gasteiger partial charge in [0.25, 0.3) is 0 Å². The van der Waals surface area contributed by atoms with E-state index in [9.17, 15) is 5.11 Å². The summed E-state index contributed by atoms with van der Waals surface area (Å²) in [6.45, 7) is 7.91. The number of nitrogens with zero attached hydrogens (tertiary/aromatic N) is 1. The maximum atomic E-state index is 10.6. The Labute approximate surface area is 126 Å². The van der Waals surface area contributed by atoms with E-state index in [-0.39, 0.29) is 6.10 Å². The van der Waals surface area contributed by atoms with Crippen molar-refractivity contribution in [2.75, 3.05) is 13.6 Å². The highest BCUT2D eigenvalue weighted by atomic mass is 16.3. The summed E-state index contributed by atoms with van der Waals surface area (Å²) in [5, 5.41) is 10.6. The van der Waals surface area contributed by atoms with Crippen molar-refractivity contribution in [2.24, 2.45) is 5.41 Å². The lowest BCUT2D eigenvalue weighted by atomic mass is 9.91. The molecule has 0 amide bonds. The van der Waals surface area contributed by atoms with Crippen LogP contribution in [-0.2, 0) is 0 Å². The fraction of sp³-hybridized carbons (Fsp3) is 1.00. The van der Waals surface area contributed by atoms with E-state index in [0.717, 1.165) is 19.4 Å². The van der Waals surface area contributed by atoms with Gasteiger partial charge in [0.05, 0.1) is 6.10 Å². The largest absolute Gasteiger partial charge is 0.391 e. The molecular formula is C18H37NO. The van der Waals surface area contributed by atoms with E-state index in [2.05, 4.69) is 32.7 Å². The molecule has 0 aromatic rings. The van der Waals surface area contributed by atoms with Gasteiger partial charge in [-0.25, -0.2) is 0 Å². The van der Waals surface area contributed by atoms with Crippen LogP contribution in [0.15, 0.2) is 0 Å². The van der Waals surface area contributed by atoms with Crippen molar-refractivity contribution >= 4 is 0 Å². The highest BCUT2D eigenvalue weighted by Gasteiger charge is 2.26. The van der Waals surface area contributed by atoms with Gasteiger partial charge >= 0.3 is 0 Å². The van der Waals surface area contributed by atoms with Crippen LogP contribution in [0.5, 0.6) is 0 Å². The number of rotatable bonds is 2. The maximum absolute atomic E-state index is 10.6. The second-order valence-electron chi connectivity index (χ2n) is 8.02. The van der Waals surface area contributed by atoms with Crippen LogP contribution in [0.1, 0.15) is 85.0 Å². The van der Waals surface area contributed by atoms with Gasteiger partial charge in [0.1, 0.15) is 0 Å². The molecule has 0 spiro atoms. The molecular weight excluding hydrogens is 246 g/mol. The first kappa shape index (κ1) is 18.0. The van der Waals surface area contributed by atoms with Gasteiger partial charge in [0.15, 0.2) is 0 Å². The van der Waals surface area contributed by atoms with Crippen molar-refractivity contribution in [1.82, 2.24) is 4.90 Å². The zero-order valence-electron chi connectivity index (χ0n) is 14.3. The molecule has 1 saturated carbocycles. The van der Waals surface area contributed by atoms with Crippen molar-refractivity contribution in [1.29, 1.82) is 0 Å². The topological polar surface area (TPSA) is 23.5 Å². The third kappa shape index (κ3) is 7.64. The van der Waals surface area contributed by atoms with Crippen LogP contribution in [0.2, 0.25) is 0 Å². The van der Waals surface area contributed by atoms with Gasteiger partial charge in [-0.3, -0.25) is 0 Å². The second-order valence-corrected chi connectivity index (χ2v) is 8.02. The smallest absolute Gasteiger partial charge is 0.0695 e. The van der Waals surface area contributed by atoms with Crippen LogP contribution >= 0.6 is 0 Å². The minimum absolute atomic E-state index is 0.137. The van der Waals surface area contributed by atoms with E-state index >= 15 is 0 Å². The van der Waals surface area contributed by atoms with E-state index in [4.69, 9.17) is 0 Å². The molecule has 1 N–H and O–H groups in total. The van der Waals surface area contributed by atoms with Gasteiger partial charge in [-0.1, -0.05) is 72.1 Å². The van der Waals surface area contributed by atoms with E-state index in [0.29, 0.717) is 11.5 Å². The van der Waals surface area contributed by atoms with Crippen molar-refractivity contribution in [2.45, 2.75) is 97.1 Å². The summed E-state index contributed by atoms with van der Waals surface area (Å²) in [5.41, 5.74) is 0.304. The van der Waals surface area contributed by atoms with Crippen molar-refractivity contribution in [3.05, 3.63) is 0 Å². The Kier molecular flexibility index (Phi) is 8.13. The van der Waals surface area contributed by atoms with Crippen LogP contribution < -0.4 is 0 Å². The van der Waals surface area contributed by atoms with Crippen LogP contribution in [0, 0.1) is 5.41 Å². The molecule has 20 heavy (non-hydrogen) atoms. The highest BCUT2D eigenvalue weighted by molar-refractivity contribution is 4.80. The fourth-order valence-electron chi connectivity index (χ4n) is 3.53. The molecule has 1 rings (SSSR count). The van der Waals surface area contributed by atoms with Gasteiger partial charge in [-0.05, 0) is 25.3 Å². The number of likely N-dealkylation sites (N-methyl/N-ethyl adjacent to an activating group) is 1. The number of hydrogen-bond acceptors (Lipinski definition) is 2. The van der Waals surface area contributed by atoms with Crippen LogP contribution in [-0.4, -0.2) is 35.7 Å². The van der Waals surface area contributed by atoms with Gasteiger partial charge in [0.2, 0.25) is 0 Å². The van der Waals surface area contributed by atoms with Crippen LogP contribution in [0.4, 0.5) is 0 Å². The van der Waals surface area contributed by atoms with E-state index in [1.807, 2.05) is 0 Å². The Balaban J connectivity index is 2.55. The molecule has 1 aliphatic carbocycles. The van der Waals surface area contributed by atoms with E-state index in [1.54, 1.807) is 0 Å². The highest BCUT2D eigenvalue weighted by Crippen LogP contribution is 2.23. The average molecular weight is 283 g/mol. The van der Waals surface area contributed by atoms with Gasteiger partial charge in [0, 0.05) is 12.6 Å². The zero-order valence-corrected chi connectivity index (χ0v) is 14.3. The SMILES string of the molecule is CN(CC(C)(C)C)C1CCCCCCCCCCC1O. The van der Waals surface area contributed by atoms with Crippen molar-refractivity contribution < 1.29 is 5.11 Å². The Morgan fingerprint density at radius 1 is 0.850 bits per heavy atom. The second kappa shape index (κ2) is 9.04. The fourth-order valence-corrected chi connectivity index (χ4v) is 3.53. The molecule has 0 radical (unpaired) electrons. The normalized spacial score (nSPS) is 27.9. The predicted octanol–water partition coefficient (Wildman–Crippen LogP) is 4.61. The first-order valence-corrected chi connectivity index (χ1v) is 8.78. The van der Waals surface area contributed by atoms with Gasteiger partial charge in [-0.2, -0.15) is 0 Å². The summed E-state index contributed by atoms with van der Waals surface area (Å²) in [7, 11) is 2.20. The van der Waals surface area contributed by atoms with E-state index < -0.39 is 0 Å². The Morgan fingerprint density at radius 3 is 1.80 bits per heavy atom. The number of hydrogen-bond donors (Lipinski definition) is 1. The third-order valence-electron chi connectivity index (χ3n) is 4.48. The Morgan fingerprint density at radius 2 is 1.30 bits per heavy atom. The summed E-state index contributed by atoms with van der Waals surface area (Å²) >= 11 is 0. The lowest BCUT2D eigenvalue weighted by molar-refractivity contribution is 0.0340. The lowest BCUT2D eigenvalue weighted by Crippen LogP contribution is -2.44.